The topological polar surface area (TPSA) is 349 Å². The van der Waals surface area contributed by atoms with Gasteiger partial charge in [-0.1, -0.05) is 115 Å². The van der Waals surface area contributed by atoms with E-state index in [4.69, 9.17) is 28.9 Å². The predicted molar refractivity (Wildman–Crippen MR) is 302 cm³/mol. The van der Waals surface area contributed by atoms with Crippen molar-refractivity contribution in [2.45, 2.75) is 161 Å². The van der Waals surface area contributed by atoms with Crippen LogP contribution in [0.5, 0.6) is 0 Å². The Bertz CT molecular complexity index is 3000. The Morgan fingerprint density at radius 2 is 1.33 bits per heavy atom. The molecule has 3 aromatic rings. The Kier molecular flexibility index (Phi) is 20.8. The molecular formula is C62H80N4O19. The van der Waals surface area contributed by atoms with E-state index in [1.165, 1.54) is 38.5 Å². The lowest BCUT2D eigenvalue weighted by molar-refractivity contribution is -0.346. The number of hydrogen-bond donors (Lipinski definition) is 9. The van der Waals surface area contributed by atoms with Crippen LogP contribution in [0.4, 0.5) is 0 Å². The van der Waals surface area contributed by atoms with Gasteiger partial charge in [-0.15, -0.1) is 0 Å². The molecular weight excluding hydrogens is 1100 g/mol. The fraction of sp³-hybridized carbons (Fsp3) is 0.532. The molecule has 0 radical (unpaired) electrons. The molecule has 85 heavy (non-hydrogen) atoms. The van der Waals surface area contributed by atoms with E-state index in [0.717, 1.165) is 13.8 Å². The number of carbonyl (C=O) groups excluding carboxylic acids is 9. The third-order valence-corrected chi connectivity index (χ3v) is 17.0. The molecule has 1 heterocycles. The van der Waals surface area contributed by atoms with Crippen LogP contribution in [0.25, 0.3) is 0 Å². The standard InChI is InChI=1S/C47H51NO14.C15H29N3O5/c1-25-31(60-43(56)36(52)35(28-16-10-7-11-17-28)48-41(54)29-18-12-8-13-19-29)23-47(57)40(61-42(55)30-20-14-9-15-21-30)38-45(6,32(51)22-33-46(38,24-58-33)62-27(3)50)39(53)37(59-26(2)49)34(25)44(47,4)5;1-8(2)7-9(10(19)13(21)18-23)12(20)17-11(14(22)16-6)15(3,4)5/h7-21,31-33,35-38,40,51-52,57H,22-24H2,1-6H3,(H,48,54);8-11,19,23H,7H2,1-6H3,(H,16,22)(H,17,20)(H,18,21)/t31-,32-,33+,35-,36+,37+,38-,40-,45+,46-,47+;9-,10+,11-/m01/s1. The van der Waals surface area contributed by atoms with Crippen molar-refractivity contribution in [1.29, 1.82) is 0 Å². The molecule has 0 aromatic heterocycles. The van der Waals surface area contributed by atoms with Crippen LogP contribution in [0.1, 0.15) is 128 Å². The van der Waals surface area contributed by atoms with Crippen molar-refractivity contribution >= 4 is 53.3 Å². The minimum atomic E-state index is -2.39. The van der Waals surface area contributed by atoms with E-state index in [9.17, 15) is 58.8 Å². The lowest BCUT2D eigenvalue weighted by Crippen LogP contribution is -2.82. The molecule has 23 heteroatoms. The minimum absolute atomic E-state index is 0.00289. The van der Waals surface area contributed by atoms with Crippen LogP contribution in [0.3, 0.4) is 0 Å². The van der Waals surface area contributed by atoms with Gasteiger partial charge in [0, 0.05) is 44.7 Å². The monoisotopic (exact) mass is 1180 g/mol. The maximum absolute atomic E-state index is 15.5. The first kappa shape index (κ1) is 66.7. The lowest BCUT2D eigenvalue weighted by Gasteiger charge is -2.67. The number of nitrogens with one attached hydrogen (secondary N) is 4. The summed E-state index contributed by atoms with van der Waals surface area (Å²) in [5.74, 6) is -9.92. The van der Waals surface area contributed by atoms with Crippen LogP contribution in [0, 0.1) is 34.0 Å². The Balaban J connectivity index is 0.000000426. The Morgan fingerprint density at radius 3 is 1.82 bits per heavy atom. The number of ether oxygens (including phenoxy) is 5. The second kappa shape index (κ2) is 26.5. The Morgan fingerprint density at radius 1 is 0.765 bits per heavy atom. The summed E-state index contributed by atoms with van der Waals surface area (Å²) in [6.07, 6.45) is -12.0. The van der Waals surface area contributed by atoms with E-state index >= 15 is 4.79 Å². The number of amides is 4. The molecule has 0 unspecified atom stereocenters. The van der Waals surface area contributed by atoms with Gasteiger partial charge >= 0.3 is 23.9 Å². The van der Waals surface area contributed by atoms with Crippen LogP contribution in [0.15, 0.2) is 102 Å². The largest absolute Gasteiger partial charge is 0.456 e. The molecule has 4 aliphatic rings. The van der Waals surface area contributed by atoms with Gasteiger partial charge in [0.1, 0.15) is 36.1 Å². The summed E-state index contributed by atoms with van der Waals surface area (Å²) in [4.78, 5) is 119. The molecule has 14 atom stereocenters. The number of carbonyl (C=O) groups is 9. The molecule has 0 spiro atoms. The van der Waals surface area contributed by atoms with Crippen molar-refractivity contribution in [3.63, 3.8) is 0 Å². The number of esters is 4. The lowest BCUT2D eigenvalue weighted by atomic mass is 9.44. The maximum Gasteiger partial charge on any atom is 0.338 e. The molecule has 1 aliphatic heterocycles. The van der Waals surface area contributed by atoms with Crippen molar-refractivity contribution < 1.29 is 92.5 Å². The first-order chi connectivity index (χ1) is 39.7. The van der Waals surface area contributed by atoms with Crippen LogP contribution in [-0.4, -0.2) is 153 Å². The summed E-state index contributed by atoms with van der Waals surface area (Å²) >= 11 is 0. The fourth-order valence-corrected chi connectivity index (χ4v) is 12.4. The van der Waals surface area contributed by atoms with Gasteiger partial charge in [-0.2, -0.15) is 0 Å². The van der Waals surface area contributed by atoms with Crippen molar-refractivity contribution in [2.24, 2.45) is 34.0 Å². The summed E-state index contributed by atoms with van der Waals surface area (Å²) in [6, 6.07) is 22.1. The van der Waals surface area contributed by atoms with E-state index in [-0.39, 0.29) is 53.5 Å². The van der Waals surface area contributed by atoms with E-state index in [1.807, 2.05) is 13.8 Å². The van der Waals surface area contributed by atoms with Gasteiger partial charge in [-0.05, 0) is 72.6 Å². The number of aliphatic hydroxyl groups is 4. The van der Waals surface area contributed by atoms with Gasteiger partial charge in [-0.25, -0.2) is 15.1 Å². The smallest absolute Gasteiger partial charge is 0.338 e. The quantitative estimate of drug-likeness (QED) is 0.0307. The number of Topliss-reactive ketones (excluding diaryl/α,β-unsaturated/α-hetero) is 1. The van der Waals surface area contributed by atoms with Gasteiger partial charge < -0.3 is 60.1 Å². The first-order valence-corrected chi connectivity index (χ1v) is 28.1. The zero-order valence-corrected chi connectivity index (χ0v) is 49.9. The van der Waals surface area contributed by atoms with E-state index in [0.29, 0.717) is 5.56 Å². The van der Waals surface area contributed by atoms with Gasteiger partial charge in [0.25, 0.3) is 11.8 Å². The zero-order valence-electron chi connectivity index (χ0n) is 49.9. The average Bonchev–Trinajstić information content (AvgIpc) is 0.710. The summed E-state index contributed by atoms with van der Waals surface area (Å²) < 4.78 is 30.3. The second-order valence-corrected chi connectivity index (χ2v) is 24.4. The number of hydroxylamine groups is 1. The average molecular weight is 1190 g/mol. The number of ketones is 1. The van der Waals surface area contributed by atoms with Gasteiger partial charge in [-0.3, -0.25) is 38.8 Å². The predicted octanol–water partition coefficient (Wildman–Crippen LogP) is 3.53. The highest BCUT2D eigenvalue weighted by Gasteiger charge is 2.78. The normalized spacial score (nSPS) is 27.4. The zero-order chi connectivity index (χ0) is 63.3. The third kappa shape index (κ3) is 13.5. The summed E-state index contributed by atoms with van der Waals surface area (Å²) in [5.41, 5.74) is -6.23. The van der Waals surface area contributed by atoms with Crippen LogP contribution < -0.4 is 21.4 Å². The van der Waals surface area contributed by atoms with Crippen molar-refractivity contribution in [3.8, 4) is 0 Å². The number of rotatable bonds is 17. The minimum Gasteiger partial charge on any atom is -0.456 e. The van der Waals surface area contributed by atoms with Crippen molar-refractivity contribution in [3.05, 3.63) is 119 Å². The SMILES string of the molecule is CC(=O)O[C@H]1C(=O)[C@@]2(C)[C@H]([C@H](OC(=O)c3ccccc3)[C@]3(O)C[C@H](OC(=O)[C@H](O)[C@@H](NC(=O)c4ccccc4)c4ccccc4)C(C)=C1C3(C)C)[C@]1(OC(C)=O)CO[C@@H]1C[C@@H]2O.CNC(=O)[C@@H](NC(=O)[C@H](CC(C)C)[C@H](O)C(=O)NO)C(C)(C)C. The highest BCUT2D eigenvalue weighted by molar-refractivity contribution is 5.97. The van der Waals surface area contributed by atoms with Crippen LogP contribution in [-0.2, 0) is 57.2 Å². The summed E-state index contributed by atoms with van der Waals surface area (Å²) in [7, 11) is 1.47. The molecule has 462 valence electrons. The second-order valence-electron chi connectivity index (χ2n) is 24.4. The van der Waals surface area contributed by atoms with E-state index in [1.54, 1.807) is 113 Å². The number of hydrogen-bond acceptors (Lipinski definition) is 19. The van der Waals surface area contributed by atoms with E-state index in [2.05, 4.69) is 16.0 Å². The van der Waals surface area contributed by atoms with Crippen molar-refractivity contribution in [1.82, 2.24) is 21.4 Å². The van der Waals surface area contributed by atoms with E-state index < -0.39 is 148 Å². The first-order valence-electron chi connectivity index (χ1n) is 28.1. The van der Waals surface area contributed by atoms with Gasteiger partial charge in [0.05, 0.1) is 41.6 Å². The molecule has 3 fully saturated rings. The number of likely N-dealkylation sites (N-methyl/N-ethyl adjacent to an activating group) is 1. The fourth-order valence-electron chi connectivity index (χ4n) is 12.4. The molecule has 2 saturated carbocycles. The number of benzene rings is 3. The summed E-state index contributed by atoms with van der Waals surface area (Å²) in [5, 5.41) is 63.9. The molecule has 2 bridgehead atoms. The molecule has 3 aromatic carbocycles. The highest BCUT2D eigenvalue weighted by Crippen LogP contribution is 2.64. The van der Waals surface area contributed by atoms with Gasteiger partial charge in [0.15, 0.2) is 23.6 Å². The number of fused-ring (bicyclic) bond motifs is 5. The van der Waals surface area contributed by atoms with Crippen LogP contribution in [0.2, 0.25) is 0 Å². The number of aliphatic hydroxyl groups excluding tert-OH is 3. The third-order valence-electron chi connectivity index (χ3n) is 17.0. The van der Waals surface area contributed by atoms with Gasteiger partial charge in [0.2, 0.25) is 11.8 Å². The Labute approximate surface area is 493 Å². The molecule has 7 rings (SSSR count). The maximum atomic E-state index is 15.5. The Hall–Kier alpha value is -7.41. The molecule has 3 aliphatic carbocycles. The summed E-state index contributed by atoms with van der Waals surface area (Å²) in [6.45, 7) is 17.0. The highest BCUT2D eigenvalue weighted by atomic mass is 16.6. The van der Waals surface area contributed by atoms with Crippen molar-refractivity contribution in [2.75, 3.05) is 13.7 Å². The molecule has 1 saturated heterocycles. The molecule has 23 nitrogen and oxygen atoms in total. The molecule has 9 N–H and O–H groups in total. The molecule has 4 amide bonds. The van der Waals surface area contributed by atoms with Crippen LogP contribution >= 0.6 is 0 Å².